The van der Waals surface area contributed by atoms with Crippen molar-refractivity contribution in [2.45, 2.75) is 19.3 Å². The van der Waals surface area contributed by atoms with Crippen LogP contribution in [0.5, 0.6) is 0 Å². The number of piperidine rings is 1. The van der Waals surface area contributed by atoms with Crippen LogP contribution in [0.25, 0.3) is 0 Å². The molecule has 0 aromatic heterocycles. The second-order valence-corrected chi connectivity index (χ2v) is 2.45. The molecule has 0 saturated carbocycles. The molecule has 50 valence electrons. The monoisotopic (exact) mass is 155 g/mol. The van der Waals surface area contributed by atoms with E-state index in [1.807, 2.05) is 4.42 Å². The lowest BCUT2D eigenvalue weighted by atomic mass is 10.2. The average Bonchev–Trinajstić information content (AvgIpc) is 1.69. The highest BCUT2D eigenvalue weighted by atomic mass is 35.5. The van der Waals surface area contributed by atoms with Gasteiger partial charge in [0.1, 0.15) is 0 Å². The van der Waals surface area contributed by atoms with Crippen molar-refractivity contribution in [2.24, 2.45) is 0 Å². The van der Waals surface area contributed by atoms with E-state index in [0.717, 1.165) is 13.1 Å². The summed E-state index contributed by atoms with van der Waals surface area (Å²) in [6.45, 7) is 2.17. The van der Waals surface area contributed by atoms with Crippen LogP contribution >= 0.6 is 24.2 Å². The van der Waals surface area contributed by atoms with Gasteiger partial charge in [-0.05, 0) is 24.6 Å². The van der Waals surface area contributed by atoms with E-state index in [-0.39, 0.29) is 12.4 Å². The average molecular weight is 156 g/mol. The third kappa shape index (κ3) is 2.75. The van der Waals surface area contributed by atoms with E-state index < -0.39 is 0 Å². The fraction of sp³-hybridized carbons (Fsp3) is 1.00. The van der Waals surface area contributed by atoms with Crippen molar-refractivity contribution in [3.63, 3.8) is 0 Å². The summed E-state index contributed by atoms with van der Waals surface area (Å²) < 4.78 is 1.86. The minimum atomic E-state index is 0. The Bertz CT molecular complexity index is 52.4. The molecule has 0 N–H and O–H groups in total. The van der Waals surface area contributed by atoms with Gasteiger partial charge in [0.25, 0.3) is 0 Å². The molecule has 0 amide bonds. The van der Waals surface area contributed by atoms with E-state index in [9.17, 15) is 0 Å². The minimum Gasteiger partial charge on any atom is -0.220 e. The molecule has 8 heavy (non-hydrogen) atoms. The molecule has 1 aliphatic rings. The van der Waals surface area contributed by atoms with E-state index in [0.29, 0.717) is 0 Å². The highest BCUT2D eigenvalue weighted by molar-refractivity contribution is 6.13. The summed E-state index contributed by atoms with van der Waals surface area (Å²) in [5.41, 5.74) is 0. The minimum absolute atomic E-state index is 0. The number of nitrogens with zero attached hydrogens (tertiary/aromatic N) is 1. The molecular weight excluding hydrogens is 145 g/mol. The van der Waals surface area contributed by atoms with Crippen LogP contribution in [0.1, 0.15) is 19.3 Å². The van der Waals surface area contributed by atoms with Gasteiger partial charge in [0.05, 0.1) is 0 Å². The first-order valence-corrected chi connectivity index (χ1v) is 3.14. The third-order valence-corrected chi connectivity index (χ3v) is 1.64. The van der Waals surface area contributed by atoms with Crippen molar-refractivity contribution in [2.75, 3.05) is 13.1 Å². The highest BCUT2D eigenvalue weighted by Crippen LogP contribution is 2.09. The Labute approximate surface area is 61.5 Å². The Kier molecular flexibility index (Phi) is 4.72. The van der Waals surface area contributed by atoms with Gasteiger partial charge >= 0.3 is 0 Å². The van der Waals surface area contributed by atoms with Crippen LogP contribution in [0, 0.1) is 0 Å². The van der Waals surface area contributed by atoms with Gasteiger partial charge in [-0.25, -0.2) is 4.42 Å². The van der Waals surface area contributed by atoms with Crippen LogP contribution in [0.4, 0.5) is 0 Å². The van der Waals surface area contributed by atoms with Gasteiger partial charge in [0.2, 0.25) is 0 Å². The number of halogens is 2. The van der Waals surface area contributed by atoms with Crippen molar-refractivity contribution in [1.82, 2.24) is 4.42 Å². The standard InChI is InChI=1S/C5H10ClN.ClH/c6-7-4-2-1-3-5-7;/h1-5H2;1H. The molecular formula is C5H11Cl2N. The summed E-state index contributed by atoms with van der Waals surface area (Å²) in [7, 11) is 0. The molecule has 0 unspecified atom stereocenters. The van der Waals surface area contributed by atoms with E-state index in [1.165, 1.54) is 19.3 Å². The summed E-state index contributed by atoms with van der Waals surface area (Å²) in [6.07, 6.45) is 3.93. The van der Waals surface area contributed by atoms with E-state index in [4.69, 9.17) is 11.8 Å². The topological polar surface area (TPSA) is 3.24 Å². The second-order valence-electron chi connectivity index (χ2n) is 1.97. The predicted octanol–water partition coefficient (Wildman–Crippen LogP) is 2.05. The summed E-state index contributed by atoms with van der Waals surface area (Å²) >= 11 is 5.65. The second kappa shape index (κ2) is 4.42. The largest absolute Gasteiger partial charge is 0.220 e. The Balaban J connectivity index is 0.000000490. The van der Waals surface area contributed by atoms with Gasteiger partial charge in [0, 0.05) is 13.1 Å². The Morgan fingerprint density at radius 3 is 1.75 bits per heavy atom. The first-order chi connectivity index (χ1) is 3.39. The maximum Gasteiger partial charge on any atom is 0.0139 e. The first kappa shape index (κ1) is 8.54. The quantitative estimate of drug-likeness (QED) is 0.485. The lowest BCUT2D eigenvalue weighted by molar-refractivity contribution is 0.369. The van der Waals surface area contributed by atoms with E-state index >= 15 is 0 Å². The highest BCUT2D eigenvalue weighted by Gasteiger charge is 2.04. The third-order valence-electron chi connectivity index (χ3n) is 1.30. The number of rotatable bonds is 0. The van der Waals surface area contributed by atoms with Crippen molar-refractivity contribution in [3.8, 4) is 0 Å². The number of hydrogen-bond donors (Lipinski definition) is 0. The lowest BCUT2D eigenvalue weighted by Gasteiger charge is -2.17. The van der Waals surface area contributed by atoms with Crippen molar-refractivity contribution < 1.29 is 0 Å². The lowest BCUT2D eigenvalue weighted by Crippen LogP contribution is -2.19. The molecule has 1 fully saturated rings. The van der Waals surface area contributed by atoms with Crippen molar-refractivity contribution >= 4 is 24.2 Å². The maximum absolute atomic E-state index is 5.65. The fourth-order valence-corrected chi connectivity index (χ4v) is 1.09. The molecule has 1 saturated heterocycles. The molecule has 0 aromatic carbocycles. The van der Waals surface area contributed by atoms with Crippen LogP contribution in [0.2, 0.25) is 0 Å². The van der Waals surface area contributed by atoms with Gasteiger partial charge in [-0.2, -0.15) is 0 Å². The SMILES string of the molecule is Cl.ClN1CCCCC1. The van der Waals surface area contributed by atoms with Gasteiger partial charge in [-0.1, -0.05) is 6.42 Å². The van der Waals surface area contributed by atoms with Crippen LogP contribution < -0.4 is 0 Å². The normalized spacial score (nSPS) is 22.1. The Hall–Kier alpha value is 0.540. The number of hydrogen-bond acceptors (Lipinski definition) is 1. The molecule has 0 bridgehead atoms. The molecule has 1 rings (SSSR count). The van der Waals surface area contributed by atoms with Gasteiger partial charge < -0.3 is 0 Å². The van der Waals surface area contributed by atoms with Gasteiger partial charge in [-0.3, -0.25) is 0 Å². The Morgan fingerprint density at radius 1 is 1.00 bits per heavy atom. The van der Waals surface area contributed by atoms with E-state index in [1.54, 1.807) is 0 Å². The zero-order chi connectivity index (χ0) is 5.11. The molecule has 1 heterocycles. The summed E-state index contributed by atoms with van der Waals surface area (Å²) in [5.74, 6) is 0. The predicted molar refractivity (Wildman–Crippen MR) is 38.5 cm³/mol. The molecule has 1 aliphatic heterocycles. The molecule has 0 aliphatic carbocycles. The zero-order valence-electron chi connectivity index (χ0n) is 4.77. The molecule has 3 heteroatoms. The molecule has 0 aromatic rings. The smallest absolute Gasteiger partial charge is 0.0139 e. The van der Waals surface area contributed by atoms with Crippen LogP contribution in [-0.4, -0.2) is 17.5 Å². The van der Waals surface area contributed by atoms with Crippen molar-refractivity contribution in [1.29, 1.82) is 0 Å². The van der Waals surface area contributed by atoms with Gasteiger partial charge in [0.15, 0.2) is 0 Å². The molecule has 1 nitrogen and oxygen atoms in total. The van der Waals surface area contributed by atoms with E-state index in [2.05, 4.69) is 0 Å². The van der Waals surface area contributed by atoms with Gasteiger partial charge in [-0.15, -0.1) is 12.4 Å². The fourth-order valence-electron chi connectivity index (χ4n) is 0.855. The Morgan fingerprint density at radius 2 is 1.50 bits per heavy atom. The molecule has 0 atom stereocenters. The zero-order valence-corrected chi connectivity index (χ0v) is 6.34. The maximum atomic E-state index is 5.65. The molecule has 0 spiro atoms. The summed E-state index contributed by atoms with van der Waals surface area (Å²) in [4.78, 5) is 0. The van der Waals surface area contributed by atoms with Crippen LogP contribution in [-0.2, 0) is 0 Å². The summed E-state index contributed by atoms with van der Waals surface area (Å²) in [6, 6.07) is 0. The van der Waals surface area contributed by atoms with Crippen molar-refractivity contribution in [3.05, 3.63) is 0 Å². The summed E-state index contributed by atoms with van der Waals surface area (Å²) in [5, 5.41) is 0. The van der Waals surface area contributed by atoms with Crippen LogP contribution in [0.3, 0.4) is 0 Å². The van der Waals surface area contributed by atoms with Crippen LogP contribution in [0.15, 0.2) is 0 Å². The molecule has 0 radical (unpaired) electrons. The first-order valence-electron chi connectivity index (χ1n) is 2.80.